The molecule has 1 fully saturated rings. The molecule has 1 atom stereocenters. The molecule has 0 radical (unpaired) electrons. The lowest BCUT2D eigenvalue weighted by molar-refractivity contribution is -0.132. The zero-order valence-corrected chi connectivity index (χ0v) is 15.8. The van der Waals surface area contributed by atoms with Gasteiger partial charge in [-0.25, -0.2) is 0 Å². The van der Waals surface area contributed by atoms with Crippen LogP contribution in [0, 0.1) is 0 Å². The molecule has 1 aromatic heterocycles. The Hall–Kier alpha value is -3.39. The highest BCUT2D eigenvalue weighted by Gasteiger charge is 2.32. The number of piperazine rings is 1. The second-order valence-electron chi connectivity index (χ2n) is 7.16. The maximum atomic E-state index is 13.0. The predicted octanol–water partition coefficient (Wildman–Crippen LogP) is 1.10. The van der Waals surface area contributed by atoms with E-state index < -0.39 is 17.7 Å². The minimum Gasteiger partial charge on any atom is -0.458 e. The lowest BCUT2D eigenvalue weighted by Gasteiger charge is -2.36. The number of rotatable bonds is 5. The summed E-state index contributed by atoms with van der Waals surface area (Å²) in [6.07, 6.45) is 4.80. The number of carbonyl (C=O) groups is 3. The number of amides is 2. The van der Waals surface area contributed by atoms with Gasteiger partial charge in [-0.05, 0) is 5.56 Å². The van der Waals surface area contributed by atoms with Crippen LogP contribution < -0.4 is 11.1 Å². The summed E-state index contributed by atoms with van der Waals surface area (Å²) in [6, 6.07) is 9.62. The van der Waals surface area contributed by atoms with Gasteiger partial charge < -0.3 is 20.4 Å². The van der Waals surface area contributed by atoms with Crippen LogP contribution in [-0.2, 0) is 16.1 Å². The minimum atomic E-state index is -1.10. The van der Waals surface area contributed by atoms with E-state index in [1.807, 2.05) is 23.1 Å². The zero-order chi connectivity index (χ0) is 20.4. The first-order valence-electron chi connectivity index (χ1n) is 9.48. The van der Waals surface area contributed by atoms with Crippen molar-refractivity contribution in [2.24, 2.45) is 5.73 Å². The van der Waals surface area contributed by atoms with Crippen LogP contribution in [0.5, 0.6) is 0 Å². The number of anilines is 1. The second kappa shape index (κ2) is 7.92. The maximum absolute atomic E-state index is 13.0. The molecule has 2 aliphatic rings. The molecule has 4 rings (SSSR count). The topological polar surface area (TPSA) is 109 Å². The SMILES string of the molecule is NC(=O)C(=O)c1occ2c1NC(C(=O)N1CCN(Cc3ccccc3)CC1)C=C2. The molecule has 3 N–H and O–H groups in total. The first-order chi connectivity index (χ1) is 14.0. The number of carbonyl (C=O) groups excluding carboxylic acids is 3. The molecule has 0 bridgehead atoms. The van der Waals surface area contributed by atoms with E-state index in [2.05, 4.69) is 22.3 Å². The third-order valence-electron chi connectivity index (χ3n) is 5.22. The number of fused-ring (bicyclic) bond motifs is 1. The summed E-state index contributed by atoms with van der Waals surface area (Å²) < 4.78 is 5.19. The van der Waals surface area contributed by atoms with Gasteiger partial charge in [-0.15, -0.1) is 0 Å². The smallest absolute Gasteiger partial charge is 0.293 e. The Balaban J connectivity index is 1.37. The van der Waals surface area contributed by atoms with Crippen LogP contribution in [0.2, 0.25) is 0 Å². The molecule has 1 aromatic carbocycles. The molecule has 2 amide bonds. The number of furan rings is 1. The molecule has 8 heteroatoms. The number of nitrogens with two attached hydrogens (primary N) is 1. The van der Waals surface area contributed by atoms with Gasteiger partial charge in [-0.3, -0.25) is 19.3 Å². The van der Waals surface area contributed by atoms with E-state index in [-0.39, 0.29) is 11.7 Å². The molecular weight excluding hydrogens is 372 g/mol. The van der Waals surface area contributed by atoms with E-state index >= 15 is 0 Å². The van der Waals surface area contributed by atoms with Crippen molar-refractivity contribution in [3.63, 3.8) is 0 Å². The van der Waals surface area contributed by atoms with Crippen molar-refractivity contribution in [3.8, 4) is 0 Å². The van der Waals surface area contributed by atoms with Crippen molar-refractivity contribution < 1.29 is 18.8 Å². The molecular formula is C21H22N4O4. The fraction of sp³-hybridized carbons (Fsp3) is 0.286. The van der Waals surface area contributed by atoms with Gasteiger partial charge in [0.05, 0.1) is 5.69 Å². The summed E-state index contributed by atoms with van der Waals surface area (Å²) in [6.45, 7) is 3.70. The Morgan fingerprint density at radius 2 is 1.83 bits per heavy atom. The highest BCUT2D eigenvalue weighted by Crippen LogP contribution is 2.30. The van der Waals surface area contributed by atoms with Crippen molar-refractivity contribution in [3.05, 3.63) is 59.6 Å². The molecule has 3 heterocycles. The van der Waals surface area contributed by atoms with E-state index in [1.54, 1.807) is 12.2 Å². The summed E-state index contributed by atoms with van der Waals surface area (Å²) in [5, 5.41) is 3.02. The van der Waals surface area contributed by atoms with Crippen molar-refractivity contribution in [1.82, 2.24) is 9.80 Å². The lowest BCUT2D eigenvalue weighted by atomic mass is 10.1. The summed E-state index contributed by atoms with van der Waals surface area (Å²) in [4.78, 5) is 40.2. The van der Waals surface area contributed by atoms with Gasteiger partial charge >= 0.3 is 0 Å². The van der Waals surface area contributed by atoms with E-state index in [1.165, 1.54) is 11.8 Å². The first-order valence-corrected chi connectivity index (χ1v) is 9.48. The highest BCUT2D eigenvalue weighted by atomic mass is 16.3. The Morgan fingerprint density at radius 1 is 1.10 bits per heavy atom. The Labute approximate surface area is 167 Å². The number of hydrogen-bond donors (Lipinski definition) is 2. The largest absolute Gasteiger partial charge is 0.458 e. The molecule has 2 aromatic rings. The minimum absolute atomic E-state index is 0.0788. The molecule has 1 unspecified atom stereocenters. The zero-order valence-electron chi connectivity index (χ0n) is 15.8. The van der Waals surface area contributed by atoms with Crippen LogP contribution in [-0.4, -0.2) is 59.6 Å². The summed E-state index contributed by atoms with van der Waals surface area (Å²) in [5.41, 5.74) is 7.25. The molecule has 150 valence electrons. The molecule has 8 nitrogen and oxygen atoms in total. The van der Waals surface area contributed by atoms with Crippen LogP contribution in [0.25, 0.3) is 6.08 Å². The standard InChI is InChI=1S/C21H22N4O4/c22-20(27)18(26)19-17-15(13-29-19)6-7-16(23-17)21(28)25-10-8-24(9-11-25)12-14-4-2-1-3-5-14/h1-7,13,16,23H,8-12H2,(H2,22,27). The van der Waals surface area contributed by atoms with Gasteiger partial charge in [0, 0.05) is 38.3 Å². The van der Waals surface area contributed by atoms with Gasteiger partial charge in [0.1, 0.15) is 12.3 Å². The average molecular weight is 394 g/mol. The van der Waals surface area contributed by atoms with Gasteiger partial charge in [-0.2, -0.15) is 0 Å². The molecule has 0 saturated carbocycles. The quantitative estimate of drug-likeness (QED) is 0.581. The maximum Gasteiger partial charge on any atom is 0.293 e. The van der Waals surface area contributed by atoms with Crippen molar-refractivity contribution in [1.29, 1.82) is 0 Å². The molecule has 2 aliphatic heterocycles. The van der Waals surface area contributed by atoms with Crippen LogP contribution in [0.3, 0.4) is 0 Å². The van der Waals surface area contributed by atoms with Crippen molar-refractivity contribution in [2.45, 2.75) is 12.6 Å². The number of nitrogens with one attached hydrogen (secondary N) is 1. The fourth-order valence-electron chi connectivity index (χ4n) is 3.63. The van der Waals surface area contributed by atoms with Crippen LogP contribution >= 0.6 is 0 Å². The number of primary amides is 1. The van der Waals surface area contributed by atoms with Crippen LogP contribution in [0.15, 0.2) is 47.1 Å². The normalized spacial score (nSPS) is 18.8. The Kier molecular flexibility index (Phi) is 5.18. The number of ketones is 1. The van der Waals surface area contributed by atoms with Crippen LogP contribution in [0.4, 0.5) is 5.69 Å². The van der Waals surface area contributed by atoms with E-state index in [0.29, 0.717) is 24.3 Å². The van der Waals surface area contributed by atoms with E-state index in [9.17, 15) is 14.4 Å². The fourth-order valence-corrected chi connectivity index (χ4v) is 3.63. The molecule has 0 spiro atoms. The van der Waals surface area contributed by atoms with Gasteiger partial charge in [0.25, 0.3) is 11.7 Å². The highest BCUT2D eigenvalue weighted by molar-refractivity contribution is 6.42. The predicted molar refractivity (Wildman–Crippen MR) is 107 cm³/mol. The van der Waals surface area contributed by atoms with Gasteiger partial charge in [0.2, 0.25) is 11.7 Å². The summed E-state index contributed by atoms with van der Waals surface area (Å²) in [5.74, 6) is -2.27. The number of nitrogens with zero attached hydrogens (tertiary/aromatic N) is 2. The van der Waals surface area contributed by atoms with Crippen molar-refractivity contribution in [2.75, 3.05) is 31.5 Å². The van der Waals surface area contributed by atoms with Gasteiger partial charge in [0.15, 0.2) is 0 Å². The average Bonchev–Trinajstić information content (AvgIpc) is 3.17. The third kappa shape index (κ3) is 3.93. The Morgan fingerprint density at radius 3 is 2.52 bits per heavy atom. The second-order valence-corrected chi connectivity index (χ2v) is 7.16. The first kappa shape index (κ1) is 18.9. The third-order valence-corrected chi connectivity index (χ3v) is 5.22. The van der Waals surface area contributed by atoms with E-state index in [4.69, 9.17) is 10.2 Å². The number of Topliss-reactive ketones (excluding diaryl/α,β-unsaturated/α-hetero) is 1. The van der Waals surface area contributed by atoms with Gasteiger partial charge in [-0.1, -0.05) is 42.5 Å². The molecule has 0 aliphatic carbocycles. The molecule has 1 saturated heterocycles. The number of benzene rings is 1. The summed E-state index contributed by atoms with van der Waals surface area (Å²) >= 11 is 0. The monoisotopic (exact) mass is 394 g/mol. The van der Waals surface area contributed by atoms with Crippen molar-refractivity contribution >= 4 is 29.4 Å². The number of hydrogen-bond acceptors (Lipinski definition) is 6. The lowest BCUT2D eigenvalue weighted by Crippen LogP contribution is -2.52. The summed E-state index contributed by atoms with van der Waals surface area (Å²) in [7, 11) is 0. The molecule has 29 heavy (non-hydrogen) atoms. The Bertz CT molecular complexity index is 958. The van der Waals surface area contributed by atoms with Crippen LogP contribution in [0.1, 0.15) is 21.7 Å². The van der Waals surface area contributed by atoms with E-state index in [0.717, 1.165) is 19.6 Å².